The summed E-state index contributed by atoms with van der Waals surface area (Å²) in [6.45, 7) is 0.479. The first-order valence-corrected chi connectivity index (χ1v) is 9.25. The predicted molar refractivity (Wildman–Crippen MR) is 92.7 cm³/mol. The second-order valence-electron chi connectivity index (χ2n) is 5.16. The second-order valence-corrected chi connectivity index (χ2v) is 7.30. The molecule has 0 fully saturated rings. The molecule has 0 atom stereocenters. The van der Waals surface area contributed by atoms with Crippen molar-refractivity contribution in [1.29, 1.82) is 0 Å². The molecule has 132 valence electrons. The largest absolute Gasteiger partial charge is 0.486 e. The highest BCUT2D eigenvalue weighted by Gasteiger charge is 2.19. The fourth-order valence-electron chi connectivity index (χ4n) is 2.23. The van der Waals surface area contributed by atoms with Gasteiger partial charge in [-0.1, -0.05) is 23.7 Å². The third-order valence-electron chi connectivity index (χ3n) is 3.37. The third kappa shape index (κ3) is 4.22. The molecule has 9 heteroatoms. The minimum atomic E-state index is -3.88. The highest BCUT2D eigenvalue weighted by molar-refractivity contribution is 7.89. The van der Waals surface area contributed by atoms with Crippen molar-refractivity contribution in [2.24, 2.45) is 0 Å². The van der Waals surface area contributed by atoms with Crippen LogP contribution in [0.15, 0.2) is 47.4 Å². The fourth-order valence-corrected chi connectivity index (χ4v) is 3.73. The van der Waals surface area contributed by atoms with Gasteiger partial charge in [-0.25, -0.2) is 13.1 Å². The molecule has 2 aromatic carbocycles. The van der Waals surface area contributed by atoms with Crippen LogP contribution in [-0.4, -0.2) is 34.1 Å². The lowest BCUT2D eigenvalue weighted by molar-refractivity contribution is -0.115. The normalized spacial score (nSPS) is 13.3. The maximum atomic E-state index is 12.2. The van der Waals surface area contributed by atoms with Crippen LogP contribution in [0.4, 0.5) is 5.69 Å². The minimum absolute atomic E-state index is 0.0798. The molecule has 0 saturated heterocycles. The molecule has 0 bridgehead atoms. The Hall–Kier alpha value is -2.29. The molecule has 0 saturated carbocycles. The van der Waals surface area contributed by atoms with Gasteiger partial charge in [0.1, 0.15) is 18.1 Å². The van der Waals surface area contributed by atoms with Crippen molar-refractivity contribution in [3.05, 3.63) is 47.5 Å². The molecule has 0 spiro atoms. The Balaban J connectivity index is 1.62. The van der Waals surface area contributed by atoms with Crippen LogP contribution in [0.2, 0.25) is 5.02 Å². The summed E-state index contributed by atoms with van der Waals surface area (Å²) >= 11 is 5.88. The van der Waals surface area contributed by atoms with Crippen LogP contribution in [0.3, 0.4) is 0 Å². The van der Waals surface area contributed by atoms with Crippen LogP contribution in [-0.2, 0) is 14.8 Å². The van der Waals surface area contributed by atoms with Gasteiger partial charge >= 0.3 is 0 Å². The maximum absolute atomic E-state index is 12.2. The first-order valence-electron chi connectivity index (χ1n) is 7.39. The van der Waals surface area contributed by atoms with Crippen LogP contribution < -0.4 is 19.5 Å². The van der Waals surface area contributed by atoms with Crippen molar-refractivity contribution >= 4 is 33.2 Å². The average Bonchev–Trinajstić information content (AvgIpc) is 2.60. The van der Waals surface area contributed by atoms with Gasteiger partial charge in [0.2, 0.25) is 15.9 Å². The van der Waals surface area contributed by atoms with Gasteiger partial charge in [-0.05, 0) is 24.3 Å². The Kier molecular flexibility index (Phi) is 5.12. The number of sulfonamides is 1. The first-order chi connectivity index (χ1) is 12.0. The summed E-state index contributed by atoms with van der Waals surface area (Å²) in [6, 6.07) is 10.9. The Morgan fingerprint density at radius 1 is 1.08 bits per heavy atom. The maximum Gasteiger partial charge on any atom is 0.242 e. The molecule has 0 aromatic heterocycles. The van der Waals surface area contributed by atoms with E-state index in [4.69, 9.17) is 21.1 Å². The number of amides is 1. The summed E-state index contributed by atoms with van der Waals surface area (Å²) in [7, 11) is -3.88. The molecule has 0 radical (unpaired) electrons. The van der Waals surface area contributed by atoms with E-state index in [2.05, 4.69) is 10.0 Å². The topological polar surface area (TPSA) is 93.7 Å². The predicted octanol–water partition coefficient (Wildman–Crippen LogP) is 2.03. The van der Waals surface area contributed by atoms with Crippen LogP contribution in [0.5, 0.6) is 11.5 Å². The molecule has 1 heterocycles. The molecular formula is C16H15ClN2O5S. The fraction of sp³-hybridized carbons (Fsp3) is 0.188. The van der Waals surface area contributed by atoms with Crippen LogP contribution in [0.25, 0.3) is 0 Å². The van der Waals surface area contributed by atoms with Crippen molar-refractivity contribution in [2.45, 2.75) is 4.90 Å². The molecule has 2 aromatic rings. The number of hydrogen-bond donors (Lipinski definition) is 2. The lowest BCUT2D eigenvalue weighted by Crippen LogP contribution is -2.33. The summed E-state index contributed by atoms with van der Waals surface area (Å²) in [5, 5.41) is 2.68. The average molecular weight is 383 g/mol. The Bertz CT molecular complexity index is 901. The van der Waals surface area contributed by atoms with Crippen LogP contribution in [0.1, 0.15) is 0 Å². The molecule has 0 unspecified atom stereocenters. The van der Waals surface area contributed by atoms with E-state index in [1.54, 1.807) is 30.3 Å². The molecular weight excluding hydrogens is 368 g/mol. The van der Waals surface area contributed by atoms with Crippen molar-refractivity contribution in [1.82, 2.24) is 4.72 Å². The van der Waals surface area contributed by atoms with Gasteiger partial charge in [0, 0.05) is 11.8 Å². The van der Waals surface area contributed by atoms with E-state index < -0.39 is 22.5 Å². The number of anilines is 1. The zero-order valence-corrected chi connectivity index (χ0v) is 14.6. The number of carbonyl (C=O) groups is 1. The van der Waals surface area contributed by atoms with Crippen LogP contribution >= 0.6 is 11.6 Å². The lowest BCUT2D eigenvalue weighted by Gasteiger charge is -2.19. The number of nitrogens with one attached hydrogen (secondary N) is 2. The molecule has 0 aliphatic carbocycles. The molecule has 1 aliphatic rings. The molecule has 1 amide bonds. The second kappa shape index (κ2) is 7.30. The highest BCUT2D eigenvalue weighted by atomic mass is 35.5. The van der Waals surface area contributed by atoms with E-state index in [9.17, 15) is 13.2 Å². The van der Waals surface area contributed by atoms with Crippen molar-refractivity contribution in [2.75, 3.05) is 25.1 Å². The number of ether oxygens (including phenoxy) is 2. The zero-order valence-electron chi connectivity index (χ0n) is 13.0. The van der Waals surface area contributed by atoms with Crippen molar-refractivity contribution in [3.8, 4) is 11.5 Å². The van der Waals surface area contributed by atoms with Crippen molar-refractivity contribution in [3.63, 3.8) is 0 Å². The van der Waals surface area contributed by atoms with Gasteiger partial charge in [-0.2, -0.15) is 0 Å². The van der Waals surface area contributed by atoms with Gasteiger partial charge in [-0.3, -0.25) is 4.79 Å². The van der Waals surface area contributed by atoms with E-state index in [1.807, 2.05) is 0 Å². The number of rotatable bonds is 5. The Morgan fingerprint density at radius 3 is 2.56 bits per heavy atom. The standard InChI is InChI=1S/C16H15ClN2O5S/c17-12-3-1-2-4-15(12)25(21,22)18-10-16(20)19-11-5-6-13-14(9-11)24-8-7-23-13/h1-6,9,18H,7-8,10H2,(H,19,20). The summed E-state index contributed by atoms with van der Waals surface area (Å²) < 4.78 is 37.4. The van der Waals surface area contributed by atoms with Crippen molar-refractivity contribution < 1.29 is 22.7 Å². The monoisotopic (exact) mass is 382 g/mol. The van der Waals surface area contributed by atoms with E-state index in [-0.39, 0.29) is 9.92 Å². The minimum Gasteiger partial charge on any atom is -0.486 e. The first kappa shape index (κ1) is 17.5. The smallest absolute Gasteiger partial charge is 0.242 e. The highest BCUT2D eigenvalue weighted by Crippen LogP contribution is 2.32. The number of fused-ring (bicyclic) bond motifs is 1. The molecule has 7 nitrogen and oxygen atoms in total. The molecule has 3 rings (SSSR count). The molecule has 25 heavy (non-hydrogen) atoms. The SMILES string of the molecule is O=C(CNS(=O)(=O)c1ccccc1Cl)Nc1ccc2c(c1)OCCO2. The quantitative estimate of drug-likeness (QED) is 0.825. The van der Waals surface area contributed by atoms with E-state index >= 15 is 0 Å². The van der Waals surface area contributed by atoms with E-state index in [1.165, 1.54) is 12.1 Å². The van der Waals surface area contributed by atoms with Gasteiger partial charge in [0.25, 0.3) is 0 Å². The number of halogens is 1. The summed E-state index contributed by atoms with van der Waals surface area (Å²) in [4.78, 5) is 11.9. The summed E-state index contributed by atoms with van der Waals surface area (Å²) in [5.41, 5.74) is 0.478. The Morgan fingerprint density at radius 2 is 1.80 bits per heavy atom. The summed E-state index contributed by atoms with van der Waals surface area (Å²) in [5.74, 6) is 0.608. The zero-order chi connectivity index (χ0) is 17.9. The van der Waals surface area contributed by atoms with Crippen LogP contribution in [0, 0.1) is 0 Å². The van der Waals surface area contributed by atoms with Gasteiger partial charge < -0.3 is 14.8 Å². The van der Waals surface area contributed by atoms with E-state index in [0.717, 1.165) is 0 Å². The molecule has 1 aliphatic heterocycles. The number of benzene rings is 2. The van der Waals surface area contributed by atoms with Gasteiger partial charge in [-0.15, -0.1) is 0 Å². The lowest BCUT2D eigenvalue weighted by atomic mass is 10.2. The molecule has 2 N–H and O–H groups in total. The third-order valence-corrected chi connectivity index (χ3v) is 5.28. The summed E-state index contributed by atoms with van der Waals surface area (Å²) in [6.07, 6.45) is 0. The Labute approximate surface area is 149 Å². The van der Waals surface area contributed by atoms with Gasteiger partial charge in [0.05, 0.1) is 11.6 Å². The van der Waals surface area contributed by atoms with E-state index in [0.29, 0.717) is 30.4 Å². The van der Waals surface area contributed by atoms with Gasteiger partial charge in [0.15, 0.2) is 11.5 Å². The number of carbonyl (C=O) groups excluding carboxylic acids is 1. The number of hydrogen-bond acceptors (Lipinski definition) is 5.